The van der Waals surface area contributed by atoms with Gasteiger partial charge in [0, 0.05) is 19.2 Å². The van der Waals surface area contributed by atoms with Gasteiger partial charge in [0.2, 0.25) is 5.91 Å². The van der Waals surface area contributed by atoms with Gasteiger partial charge in [-0.2, -0.15) is 0 Å². The Labute approximate surface area is 120 Å². The molecule has 0 aliphatic heterocycles. The smallest absolute Gasteiger partial charge is 0.244 e. The molecule has 0 aliphatic rings. The maximum absolute atomic E-state index is 11.7. The lowest BCUT2D eigenvalue weighted by molar-refractivity contribution is -0.116. The van der Waals surface area contributed by atoms with Gasteiger partial charge < -0.3 is 14.8 Å². The molecule has 20 heavy (non-hydrogen) atoms. The van der Waals surface area contributed by atoms with Gasteiger partial charge in [0.05, 0.1) is 0 Å². The van der Waals surface area contributed by atoms with Crippen LogP contribution in [0.2, 0.25) is 0 Å². The Bertz CT molecular complexity index is 435. The summed E-state index contributed by atoms with van der Waals surface area (Å²) in [6.45, 7) is 6.91. The van der Waals surface area contributed by atoms with Crippen LogP contribution < -0.4 is 5.32 Å². The van der Waals surface area contributed by atoms with E-state index in [2.05, 4.69) is 19.2 Å². The van der Waals surface area contributed by atoms with E-state index in [4.69, 9.17) is 9.52 Å². The quantitative estimate of drug-likeness (QED) is 0.719. The molecule has 0 fully saturated rings. The third kappa shape index (κ3) is 6.57. The number of aliphatic hydroxyl groups is 1. The Hall–Kier alpha value is -1.55. The summed E-state index contributed by atoms with van der Waals surface area (Å²) in [6.07, 6.45) is 4.86. The van der Waals surface area contributed by atoms with Crippen LogP contribution in [0.3, 0.4) is 0 Å². The molecule has 4 heteroatoms. The van der Waals surface area contributed by atoms with Crippen molar-refractivity contribution in [1.29, 1.82) is 0 Å². The Morgan fingerprint density at radius 3 is 2.75 bits per heavy atom. The van der Waals surface area contributed by atoms with Crippen LogP contribution in [0.4, 0.5) is 0 Å². The van der Waals surface area contributed by atoms with Gasteiger partial charge in [0.15, 0.2) is 0 Å². The molecule has 1 amide bonds. The monoisotopic (exact) mass is 279 g/mol. The molecule has 112 valence electrons. The largest absolute Gasteiger partial charge is 0.462 e. The lowest BCUT2D eigenvalue weighted by Crippen LogP contribution is -2.29. The standard InChI is InChI=1S/C16H25NO3/c1-12(2)10-14(8-9-18)11-17-16(19)7-6-15-5-4-13(3)20-15/h4-7,12,14,18H,8-11H2,1-3H3,(H,17,19)/b7-6+. The molecule has 1 rings (SSSR count). The Morgan fingerprint density at radius 2 is 2.20 bits per heavy atom. The molecule has 0 bridgehead atoms. The van der Waals surface area contributed by atoms with Crippen molar-refractivity contribution in [2.45, 2.75) is 33.6 Å². The molecule has 1 aromatic rings. The number of aliphatic hydroxyl groups excluding tert-OH is 1. The second kappa shape index (κ2) is 8.59. The summed E-state index contributed by atoms with van der Waals surface area (Å²) in [4.78, 5) is 11.7. The van der Waals surface area contributed by atoms with Crippen LogP contribution in [-0.4, -0.2) is 24.2 Å². The minimum atomic E-state index is -0.134. The van der Waals surface area contributed by atoms with Crippen molar-refractivity contribution < 1.29 is 14.3 Å². The van der Waals surface area contributed by atoms with Crippen LogP contribution in [0.1, 0.15) is 38.2 Å². The number of furan rings is 1. The highest BCUT2D eigenvalue weighted by Gasteiger charge is 2.11. The average Bonchev–Trinajstić information content (AvgIpc) is 2.79. The first kappa shape index (κ1) is 16.5. The van der Waals surface area contributed by atoms with E-state index in [0.29, 0.717) is 24.1 Å². The summed E-state index contributed by atoms with van der Waals surface area (Å²) in [5.74, 6) is 2.25. The molecular formula is C16H25NO3. The van der Waals surface area contributed by atoms with Crippen LogP contribution in [0.15, 0.2) is 22.6 Å². The number of carbonyl (C=O) groups excluding carboxylic acids is 1. The zero-order valence-electron chi connectivity index (χ0n) is 12.6. The molecular weight excluding hydrogens is 254 g/mol. The molecule has 1 atom stereocenters. The number of hydrogen-bond acceptors (Lipinski definition) is 3. The number of hydrogen-bond donors (Lipinski definition) is 2. The summed E-state index contributed by atoms with van der Waals surface area (Å²) in [5, 5.41) is 11.9. The second-order valence-electron chi connectivity index (χ2n) is 5.53. The van der Waals surface area contributed by atoms with Crippen molar-refractivity contribution in [2.75, 3.05) is 13.2 Å². The third-order valence-electron chi connectivity index (χ3n) is 3.07. The van der Waals surface area contributed by atoms with E-state index in [0.717, 1.165) is 18.6 Å². The highest BCUT2D eigenvalue weighted by atomic mass is 16.3. The van der Waals surface area contributed by atoms with Crippen molar-refractivity contribution in [3.8, 4) is 0 Å². The summed E-state index contributed by atoms with van der Waals surface area (Å²) in [5.41, 5.74) is 0. The van der Waals surface area contributed by atoms with Crippen LogP contribution in [0, 0.1) is 18.8 Å². The van der Waals surface area contributed by atoms with E-state index >= 15 is 0 Å². The van der Waals surface area contributed by atoms with Crippen molar-refractivity contribution in [2.24, 2.45) is 11.8 Å². The zero-order valence-corrected chi connectivity index (χ0v) is 12.6. The van der Waals surface area contributed by atoms with Gasteiger partial charge in [-0.15, -0.1) is 0 Å². The molecule has 0 radical (unpaired) electrons. The zero-order chi connectivity index (χ0) is 15.0. The Morgan fingerprint density at radius 1 is 1.45 bits per heavy atom. The van der Waals surface area contributed by atoms with E-state index in [1.165, 1.54) is 6.08 Å². The van der Waals surface area contributed by atoms with Gasteiger partial charge in [-0.1, -0.05) is 13.8 Å². The lowest BCUT2D eigenvalue weighted by Gasteiger charge is -2.18. The van der Waals surface area contributed by atoms with Gasteiger partial charge in [-0.25, -0.2) is 0 Å². The molecule has 0 spiro atoms. The topological polar surface area (TPSA) is 62.5 Å². The number of carbonyl (C=O) groups is 1. The van der Waals surface area contributed by atoms with Crippen molar-refractivity contribution >= 4 is 12.0 Å². The van der Waals surface area contributed by atoms with Gasteiger partial charge in [0.25, 0.3) is 0 Å². The first-order valence-corrected chi connectivity index (χ1v) is 7.14. The Balaban J connectivity index is 2.39. The first-order valence-electron chi connectivity index (χ1n) is 7.14. The maximum atomic E-state index is 11.7. The lowest BCUT2D eigenvalue weighted by atomic mass is 9.94. The predicted octanol–water partition coefficient (Wildman–Crippen LogP) is 2.76. The van der Waals surface area contributed by atoms with Crippen molar-refractivity contribution in [3.05, 3.63) is 29.7 Å². The molecule has 1 unspecified atom stereocenters. The fraction of sp³-hybridized carbons (Fsp3) is 0.562. The average molecular weight is 279 g/mol. The normalized spacial score (nSPS) is 13.1. The second-order valence-corrected chi connectivity index (χ2v) is 5.53. The van der Waals surface area contributed by atoms with Crippen LogP contribution >= 0.6 is 0 Å². The van der Waals surface area contributed by atoms with Crippen molar-refractivity contribution in [3.63, 3.8) is 0 Å². The van der Waals surface area contributed by atoms with Gasteiger partial charge in [0.1, 0.15) is 11.5 Å². The summed E-state index contributed by atoms with van der Waals surface area (Å²) < 4.78 is 5.35. The molecule has 1 heterocycles. The molecule has 0 aliphatic carbocycles. The van der Waals surface area contributed by atoms with E-state index < -0.39 is 0 Å². The number of nitrogens with one attached hydrogen (secondary N) is 1. The molecule has 1 aromatic heterocycles. The SMILES string of the molecule is Cc1ccc(/C=C/C(=O)NCC(CCO)CC(C)C)o1. The first-order chi connectivity index (χ1) is 9.51. The number of rotatable bonds is 8. The van der Waals surface area contributed by atoms with E-state index in [1.807, 2.05) is 19.1 Å². The van der Waals surface area contributed by atoms with Crippen LogP contribution in [0.25, 0.3) is 6.08 Å². The fourth-order valence-electron chi connectivity index (χ4n) is 2.16. The number of aryl methyl sites for hydroxylation is 1. The van der Waals surface area contributed by atoms with E-state index in [1.54, 1.807) is 6.08 Å². The summed E-state index contributed by atoms with van der Waals surface area (Å²) in [7, 11) is 0. The third-order valence-corrected chi connectivity index (χ3v) is 3.07. The maximum Gasteiger partial charge on any atom is 0.244 e. The fourth-order valence-corrected chi connectivity index (χ4v) is 2.16. The molecule has 2 N–H and O–H groups in total. The van der Waals surface area contributed by atoms with E-state index in [-0.39, 0.29) is 12.5 Å². The minimum absolute atomic E-state index is 0.134. The van der Waals surface area contributed by atoms with Gasteiger partial charge >= 0.3 is 0 Å². The van der Waals surface area contributed by atoms with Crippen LogP contribution in [0.5, 0.6) is 0 Å². The Kier molecular flexibility index (Phi) is 7.09. The highest BCUT2D eigenvalue weighted by Crippen LogP contribution is 2.14. The van der Waals surface area contributed by atoms with Crippen LogP contribution in [-0.2, 0) is 4.79 Å². The van der Waals surface area contributed by atoms with E-state index in [9.17, 15) is 4.79 Å². The van der Waals surface area contributed by atoms with Crippen molar-refractivity contribution in [1.82, 2.24) is 5.32 Å². The minimum Gasteiger partial charge on any atom is -0.462 e. The highest BCUT2D eigenvalue weighted by molar-refractivity contribution is 5.91. The molecule has 0 saturated carbocycles. The summed E-state index contributed by atoms with van der Waals surface area (Å²) in [6, 6.07) is 3.68. The predicted molar refractivity (Wildman–Crippen MR) is 80.1 cm³/mol. The molecule has 0 saturated heterocycles. The summed E-state index contributed by atoms with van der Waals surface area (Å²) >= 11 is 0. The number of amides is 1. The van der Waals surface area contributed by atoms with Gasteiger partial charge in [-0.05, 0) is 49.8 Å². The van der Waals surface area contributed by atoms with Gasteiger partial charge in [-0.3, -0.25) is 4.79 Å². The molecule has 4 nitrogen and oxygen atoms in total. The molecule has 0 aromatic carbocycles.